The predicted molar refractivity (Wildman–Crippen MR) is 165 cm³/mol. The first kappa shape index (κ1) is 37.1. The zero-order valence-corrected chi connectivity index (χ0v) is 26.4. The molecule has 0 aliphatic carbocycles. The van der Waals surface area contributed by atoms with E-state index >= 15 is 0 Å². The van der Waals surface area contributed by atoms with Crippen molar-refractivity contribution in [3.63, 3.8) is 0 Å². The number of ether oxygens (including phenoxy) is 5. The highest BCUT2D eigenvalue weighted by molar-refractivity contribution is 5.82. The topological polar surface area (TPSA) is 231 Å². The van der Waals surface area contributed by atoms with E-state index in [1.807, 2.05) is 6.08 Å². The summed E-state index contributed by atoms with van der Waals surface area (Å²) in [5.74, 6) is -5.45. The summed E-state index contributed by atoms with van der Waals surface area (Å²) in [7, 11) is 0. The number of hydrogen-bond acceptors (Lipinski definition) is 13. The Labute approximate surface area is 273 Å². The van der Waals surface area contributed by atoms with E-state index in [1.54, 1.807) is 56.4 Å². The Bertz CT molecular complexity index is 1220. The molecular formula is C33H47NO13. The molecule has 0 radical (unpaired) electrons. The molecule has 0 aromatic heterocycles. The molecule has 14 heteroatoms. The Balaban J connectivity index is 1.58. The summed E-state index contributed by atoms with van der Waals surface area (Å²) in [6.07, 6.45) is 5.25. The number of aliphatic carboxylic acids is 1. The van der Waals surface area contributed by atoms with Gasteiger partial charge in [-0.25, -0.2) is 4.79 Å². The van der Waals surface area contributed by atoms with E-state index in [0.717, 1.165) is 0 Å². The van der Waals surface area contributed by atoms with E-state index in [0.29, 0.717) is 6.42 Å². The predicted octanol–water partition coefficient (Wildman–Crippen LogP) is 0.120. The third-order valence-corrected chi connectivity index (χ3v) is 8.58. The van der Waals surface area contributed by atoms with Crippen LogP contribution in [0.1, 0.15) is 46.0 Å². The van der Waals surface area contributed by atoms with Crippen molar-refractivity contribution in [1.29, 1.82) is 0 Å². The molecule has 0 spiro atoms. The van der Waals surface area contributed by atoms with Crippen molar-refractivity contribution in [3.8, 4) is 0 Å². The lowest BCUT2D eigenvalue weighted by molar-refractivity contribution is -0.308. The number of aliphatic hydroxyl groups is 5. The lowest BCUT2D eigenvalue weighted by Crippen LogP contribution is -2.61. The Hall–Kier alpha value is -2.76. The van der Waals surface area contributed by atoms with Gasteiger partial charge < -0.3 is 60.1 Å². The number of allylic oxidation sites excluding steroid dienone is 6. The third-order valence-electron chi connectivity index (χ3n) is 8.58. The summed E-state index contributed by atoms with van der Waals surface area (Å²) in [5, 5.41) is 63.9. The zero-order valence-electron chi connectivity index (χ0n) is 26.4. The fourth-order valence-corrected chi connectivity index (χ4v) is 6.00. The monoisotopic (exact) mass is 665 g/mol. The molecule has 4 aliphatic rings. The number of fused-ring (bicyclic) bond motifs is 3. The highest BCUT2D eigenvalue weighted by atomic mass is 16.7. The maximum Gasteiger partial charge on any atom is 0.330 e. The van der Waals surface area contributed by atoms with Crippen LogP contribution in [0, 0.1) is 5.92 Å². The lowest BCUT2D eigenvalue weighted by Gasteiger charge is -2.45. The van der Waals surface area contributed by atoms with Crippen molar-refractivity contribution in [3.05, 3.63) is 60.8 Å². The molecule has 8 N–H and O–H groups in total. The van der Waals surface area contributed by atoms with Gasteiger partial charge in [0.15, 0.2) is 12.1 Å². The summed E-state index contributed by atoms with van der Waals surface area (Å²) in [5.41, 5.74) is 5.98. The molecule has 3 fully saturated rings. The number of rotatable bonds is 3. The summed E-state index contributed by atoms with van der Waals surface area (Å²) in [4.78, 5) is 24.4. The normalized spacial score (nSPS) is 46.6. The minimum absolute atomic E-state index is 0.0789. The lowest BCUT2D eigenvalue weighted by atomic mass is 9.83. The first-order chi connectivity index (χ1) is 22.3. The number of aliphatic hydroxyl groups excluding tert-OH is 4. The van der Waals surface area contributed by atoms with Gasteiger partial charge in [-0.3, -0.25) is 4.79 Å². The molecule has 0 aromatic rings. The van der Waals surface area contributed by atoms with Gasteiger partial charge in [-0.1, -0.05) is 48.6 Å². The van der Waals surface area contributed by atoms with E-state index in [-0.39, 0.29) is 25.4 Å². The van der Waals surface area contributed by atoms with Gasteiger partial charge in [0.2, 0.25) is 0 Å². The van der Waals surface area contributed by atoms with Crippen LogP contribution in [0.4, 0.5) is 0 Å². The van der Waals surface area contributed by atoms with E-state index in [9.17, 15) is 40.2 Å². The van der Waals surface area contributed by atoms with Gasteiger partial charge in [0.25, 0.3) is 0 Å². The molecule has 4 rings (SSSR count). The number of hydrogen-bond donors (Lipinski definition) is 7. The Morgan fingerprint density at radius 1 is 0.936 bits per heavy atom. The van der Waals surface area contributed by atoms with E-state index in [4.69, 9.17) is 29.4 Å². The summed E-state index contributed by atoms with van der Waals surface area (Å²) >= 11 is 0. The smallest absolute Gasteiger partial charge is 0.330 e. The molecule has 262 valence electrons. The van der Waals surface area contributed by atoms with Crippen LogP contribution in [-0.2, 0) is 33.3 Å². The zero-order chi connectivity index (χ0) is 34.3. The molecule has 0 unspecified atom stereocenters. The summed E-state index contributed by atoms with van der Waals surface area (Å²) in [6.45, 7) is 3.34. The standard InChI is InChI=1S/C33H47NO13/c1-18-10-8-6-4-3-5-7-9-11-21(45-32-30(39)28(34)29(38)19(2)44-32)15-25-27(31(40)41)22(36)17-33(42,47-25)16-20(35)14-24-23(46-24)12-13-26(37)43-18/h3-9,11-13,18-25,27-30,32,35-36,38-39,42H,10,14-17,34H2,1-2H3,(H,40,41)/b4-3+,7-5+,8-6+,11-9+,13-12?/t18-,19-,20+,21+,22+,23-,24-,25+,27-,28+,29-,30+,32+,33-/m1/s1. The molecule has 2 bridgehead atoms. The Kier molecular flexibility index (Phi) is 13.1. The SMILES string of the molecule is C[C@@H]1C/C=C/C=C/C=C/C=C/[C@H](O[C@@H]2O[C@H](C)[C@@H](O)[C@H](N)[C@@H]2O)C[C@@H]2O[C@](O)(C[C@@H](O)C[C@H]3O[C@@H]3C=CC(=O)O1)C[C@H](O)[C@H]2C(=O)O. The third kappa shape index (κ3) is 10.6. The molecule has 14 atom stereocenters. The minimum Gasteiger partial charge on any atom is -0.481 e. The second-order valence-corrected chi connectivity index (χ2v) is 12.6. The molecule has 4 heterocycles. The van der Waals surface area contributed by atoms with Crippen LogP contribution in [0.15, 0.2) is 60.8 Å². The van der Waals surface area contributed by atoms with Crippen molar-refractivity contribution in [2.24, 2.45) is 11.7 Å². The number of carbonyl (C=O) groups is 2. The second-order valence-electron chi connectivity index (χ2n) is 12.6. The first-order valence-corrected chi connectivity index (χ1v) is 15.9. The van der Waals surface area contributed by atoms with Crippen molar-refractivity contribution in [1.82, 2.24) is 0 Å². The fourth-order valence-electron chi connectivity index (χ4n) is 6.00. The van der Waals surface area contributed by atoms with Crippen molar-refractivity contribution in [2.75, 3.05) is 0 Å². The van der Waals surface area contributed by atoms with Gasteiger partial charge in [-0.05, 0) is 19.9 Å². The molecule has 3 saturated heterocycles. The molecule has 0 aromatic carbocycles. The average molecular weight is 666 g/mol. The van der Waals surface area contributed by atoms with Gasteiger partial charge in [-0.15, -0.1) is 0 Å². The maximum absolute atomic E-state index is 12.3. The number of carboxylic acids is 1. The van der Waals surface area contributed by atoms with Crippen LogP contribution < -0.4 is 5.73 Å². The van der Waals surface area contributed by atoms with Gasteiger partial charge >= 0.3 is 11.9 Å². The molecule has 0 amide bonds. The number of carbonyl (C=O) groups excluding carboxylic acids is 1. The van der Waals surface area contributed by atoms with Gasteiger partial charge in [0, 0.05) is 38.2 Å². The largest absolute Gasteiger partial charge is 0.481 e. The van der Waals surface area contributed by atoms with E-state index in [1.165, 1.54) is 12.2 Å². The molecule has 47 heavy (non-hydrogen) atoms. The number of cyclic esters (lactones) is 1. The molecule has 14 nitrogen and oxygen atoms in total. The van der Waals surface area contributed by atoms with Crippen LogP contribution in [0.3, 0.4) is 0 Å². The number of epoxide rings is 1. The van der Waals surface area contributed by atoms with Crippen molar-refractivity contribution < 1.29 is 63.9 Å². The Morgan fingerprint density at radius 2 is 1.64 bits per heavy atom. The van der Waals surface area contributed by atoms with Gasteiger partial charge in [0.05, 0.1) is 48.8 Å². The molecule has 0 saturated carbocycles. The van der Waals surface area contributed by atoms with Crippen LogP contribution in [0.5, 0.6) is 0 Å². The fraction of sp³-hybridized carbons (Fsp3) is 0.636. The van der Waals surface area contributed by atoms with E-state index < -0.39 is 97.3 Å². The number of carboxylic acid groups (broad SMARTS) is 1. The summed E-state index contributed by atoms with van der Waals surface area (Å²) in [6, 6.07) is -1.08. The highest BCUT2D eigenvalue weighted by Crippen LogP contribution is 2.39. The number of esters is 1. The van der Waals surface area contributed by atoms with Crippen molar-refractivity contribution in [2.45, 2.75) is 125 Å². The Morgan fingerprint density at radius 3 is 2.36 bits per heavy atom. The molecular weight excluding hydrogens is 618 g/mol. The van der Waals surface area contributed by atoms with Crippen LogP contribution in [0.25, 0.3) is 0 Å². The summed E-state index contributed by atoms with van der Waals surface area (Å²) < 4.78 is 28.5. The van der Waals surface area contributed by atoms with Crippen LogP contribution >= 0.6 is 0 Å². The van der Waals surface area contributed by atoms with Gasteiger partial charge in [0.1, 0.15) is 24.2 Å². The highest BCUT2D eigenvalue weighted by Gasteiger charge is 2.51. The number of nitrogens with two attached hydrogens (primary N) is 1. The van der Waals surface area contributed by atoms with Crippen LogP contribution in [-0.4, -0.2) is 122 Å². The van der Waals surface area contributed by atoms with E-state index in [2.05, 4.69) is 0 Å². The van der Waals surface area contributed by atoms with Crippen molar-refractivity contribution >= 4 is 11.9 Å². The second kappa shape index (κ2) is 16.6. The van der Waals surface area contributed by atoms with Gasteiger partial charge in [-0.2, -0.15) is 0 Å². The minimum atomic E-state index is -2.10. The van der Waals surface area contributed by atoms with Crippen LogP contribution in [0.2, 0.25) is 0 Å². The maximum atomic E-state index is 12.3. The first-order valence-electron chi connectivity index (χ1n) is 15.9. The quantitative estimate of drug-likeness (QED) is 0.157. The molecule has 4 aliphatic heterocycles. The average Bonchev–Trinajstić information content (AvgIpc) is 3.72.